The van der Waals surface area contributed by atoms with E-state index in [1.54, 1.807) is 6.20 Å². The molecular formula is C21H20N4. The number of nitrogens with one attached hydrogen (secondary N) is 1. The molecule has 124 valence electrons. The molecule has 1 aliphatic rings. The van der Waals surface area contributed by atoms with Gasteiger partial charge in [-0.2, -0.15) is 0 Å². The third-order valence-corrected chi connectivity index (χ3v) is 4.47. The predicted molar refractivity (Wildman–Crippen MR) is 103 cm³/mol. The molecule has 1 aliphatic carbocycles. The maximum atomic E-state index is 4.82. The number of fused-ring (bicyclic) bond motifs is 1. The number of aromatic nitrogens is 3. The first-order valence-electron chi connectivity index (χ1n) is 8.61. The van der Waals surface area contributed by atoms with Crippen LogP contribution in [0.2, 0.25) is 0 Å². The average Bonchev–Trinajstić information content (AvgIpc) is 2.97. The average molecular weight is 328 g/mol. The summed E-state index contributed by atoms with van der Waals surface area (Å²) >= 11 is 0. The van der Waals surface area contributed by atoms with Gasteiger partial charge in [-0.3, -0.25) is 4.98 Å². The number of nitrogens with zero attached hydrogens (tertiary/aromatic N) is 3. The summed E-state index contributed by atoms with van der Waals surface area (Å²) in [6.07, 6.45) is 13.4. The smallest absolute Gasteiger partial charge is 0.158 e. The van der Waals surface area contributed by atoms with Gasteiger partial charge in [0.15, 0.2) is 5.82 Å². The number of benzene rings is 1. The summed E-state index contributed by atoms with van der Waals surface area (Å²) in [7, 11) is 1.91. The molecule has 0 bridgehead atoms. The zero-order valence-corrected chi connectivity index (χ0v) is 14.2. The Balaban J connectivity index is 1.83. The lowest BCUT2D eigenvalue weighted by Gasteiger charge is -2.11. The maximum Gasteiger partial charge on any atom is 0.158 e. The summed E-state index contributed by atoms with van der Waals surface area (Å²) in [6.45, 7) is 0. The molecule has 0 spiro atoms. The van der Waals surface area contributed by atoms with Crippen LogP contribution in [0, 0.1) is 0 Å². The van der Waals surface area contributed by atoms with Crippen molar-refractivity contribution in [1.82, 2.24) is 15.0 Å². The fourth-order valence-corrected chi connectivity index (χ4v) is 3.14. The van der Waals surface area contributed by atoms with Crippen LogP contribution in [0.5, 0.6) is 0 Å². The van der Waals surface area contributed by atoms with E-state index in [1.807, 2.05) is 19.3 Å². The Morgan fingerprint density at radius 2 is 2.04 bits per heavy atom. The monoisotopic (exact) mass is 328 g/mol. The molecule has 0 fully saturated rings. The van der Waals surface area contributed by atoms with Crippen LogP contribution in [0.25, 0.3) is 27.6 Å². The largest absolute Gasteiger partial charge is 0.373 e. The van der Waals surface area contributed by atoms with Crippen molar-refractivity contribution in [2.45, 2.75) is 19.3 Å². The van der Waals surface area contributed by atoms with Crippen molar-refractivity contribution in [3.63, 3.8) is 0 Å². The van der Waals surface area contributed by atoms with Crippen molar-refractivity contribution in [3.8, 4) is 11.1 Å². The van der Waals surface area contributed by atoms with Gasteiger partial charge in [0.2, 0.25) is 0 Å². The molecule has 0 amide bonds. The van der Waals surface area contributed by atoms with E-state index in [0.717, 1.165) is 52.9 Å². The van der Waals surface area contributed by atoms with Gasteiger partial charge in [0, 0.05) is 30.4 Å². The van der Waals surface area contributed by atoms with E-state index in [9.17, 15) is 0 Å². The highest BCUT2D eigenvalue weighted by Crippen LogP contribution is 2.29. The third kappa shape index (κ3) is 3.15. The lowest BCUT2D eigenvalue weighted by Crippen LogP contribution is -2.01. The van der Waals surface area contributed by atoms with E-state index < -0.39 is 0 Å². The number of pyridine rings is 1. The second kappa shape index (κ2) is 6.85. The lowest BCUT2D eigenvalue weighted by molar-refractivity contribution is 0.878. The molecule has 4 nitrogen and oxygen atoms in total. The first-order valence-corrected chi connectivity index (χ1v) is 8.61. The van der Waals surface area contributed by atoms with Crippen LogP contribution in [0.15, 0.2) is 61.0 Å². The molecule has 2 heterocycles. The minimum atomic E-state index is 0.817. The molecule has 4 rings (SSSR count). The van der Waals surface area contributed by atoms with Gasteiger partial charge in [-0.05, 0) is 48.6 Å². The fraction of sp³-hybridized carbons (Fsp3) is 0.190. The quantitative estimate of drug-likeness (QED) is 0.746. The summed E-state index contributed by atoms with van der Waals surface area (Å²) in [5.41, 5.74) is 4.36. The molecule has 3 aromatic rings. The second-order valence-electron chi connectivity index (χ2n) is 6.13. The predicted octanol–water partition coefficient (Wildman–Crippen LogP) is 4.86. The normalized spacial score (nSPS) is 14.2. The number of hydrogen-bond donors (Lipinski definition) is 1. The fourth-order valence-electron chi connectivity index (χ4n) is 3.14. The Kier molecular flexibility index (Phi) is 4.25. The molecule has 1 aromatic carbocycles. The molecule has 4 heteroatoms. The highest BCUT2D eigenvalue weighted by molar-refractivity contribution is 5.93. The number of hydrogen-bond acceptors (Lipinski definition) is 4. The van der Waals surface area contributed by atoms with Crippen LogP contribution >= 0.6 is 0 Å². The number of rotatable bonds is 3. The van der Waals surface area contributed by atoms with Crippen molar-refractivity contribution in [2.24, 2.45) is 0 Å². The van der Waals surface area contributed by atoms with E-state index in [0.29, 0.717) is 0 Å². The van der Waals surface area contributed by atoms with Gasteiger partial charge < -0.3 is 5.32 Å². The number of allylic oxidation sites excluding steroid dienone is 4. The third-order valence-electron chi connectivity index (χ3n) is 4.47. The molecule has 25 heavy (non-hydrogen) atoms. The van der Waals surface area contributed by atoms with Crippen LogP contribution in [0.3, 0.4) is 0 Å². The molecule has 0 radical (unpaired) electrons. The zero-order chi connectivity index (χ0) is 17.1. The Bertz CT molecular complexity index is 958. The highest BCUT2D eigenvalue weighted by Gasteiger charge is 2.12. The molecule has 1 N–H and O–H groups in total. The van der Waals surface area contributed by atoms with Crippen molar-refractivity contribution in [3.05, 3.63) is 66.8 Å². The van der Waals surface area contributed by atoms with E-state index in [-0.39, 0.29) is 0 Å². The topological polar surface area (TPSA) is 50.7 Å². The summed E-state index contributed by atoms with van der Waals surface area (Å²) in [5, 5.41) is 4.26. The SMILES string of the molecule is CNc1nc(C2=CC=CCCC2)nc2ccc(-c3cccnc3)cc12. The highest BCUT2D eigenvalue weighted by atomic mass is 15.0. The first-order chi connectivity index (χ1) is 12.3. The standard InChI is InChI=1S/C21H20N4/c1-22-21-18-13-16(17-9-6-12-23-14-17)10-11-19(18)24-20(25-21)15-7-4-2-3-5-8-15/h2,4,6-7,9-14H,3,5,8H2,1H3,(H,22,24,25). The van der Waals surface area contributed by atoms with Crippen molar-refractivity contribution in [1.29, 1.82) is 0 Å². The van der Waals surface area contributed by atoms with Crippen molar-refractivity contribution in [2.75, 3.05) is 12.4 Å². The minimum absolute atomic E-state index is 0.817. The van der Waals surface area contributed by atoms with Crippen LogP contribution in [0.1, 0.15) is 25.1 Å². The Labute approximate surface area is 147 Å². The molecule has 2 aromatic heterocycles. The van der Waals surface area contributed by atoms with Crippen LogP contribution in [0.4, 0.5) is 5.82 Å². The van der Waals surface area contributed by atoms with Crippen LogP contribution in [-0.4, -0.2) is 22.0 Å². The van der Waals surface area contributed by atoms with Gasteiger partial charge in [-0.25, -0.2) is 9.97 Å². The second-order valence-corrected chi connectivity index (χ2v) is 6.13. The Morgan fingerprint density at radius 1 is 1.08 bits per heavy atom. The zero-order valence-electron chi connectivity index (χ0n) is 14.2. The van der Waals surface area contributed by atoms with E-state index >= 15 is 0 Å². The van der Waals surface area contributed by atoms with Gasteiger partial charge in [0.1, 0.15) is 5.82 Å². The van der Waals surface area contributed by atoms with Gasteiger partial charge >= 0.3 is 0 Å². The van der Waals surface area contributed by atoms with Crippen molar-refractivity contribution < 1.29 is 0 Å². The van der Waals surface area contributed by atoms with Gasteiger partial charge in [0.25, 0.3) is 0 Å². The summed E-state index contributed by atoms with van der Waals surface area (Å²) in [4.78, 5) is 13.8. The van der Waals surface area contributed by atoms with Crippen molar-refractivity contribution >= 4 is 22.3 Å². The van der Waals surface area contributed by atoms with Crippen LogP contribution < -0.4 is 5.32 Å². The molecule has 0 unspecified atom stereocenters. The van der Waals surface area contributed by atoms with Gasteiger partial charge in [0.05, 0.1) is 5.52 Å². The van der Waals surface area contributed by atoms with Gasteiger partial charge in [-0.1, -0.05) is 30.4 Å². The minimum Gasteiger partial charge on any atom is -0.373 e. The van der Waals surface area contributed by atoms with E-state index in [4.69, 9.17) is 9.97 Å². The Morgan fingerprint density at radius 3 is 2.88 bits per heavy atom. The number of anilines is 1. The van der Waals surface area contributed by atoms with E-state index in [2.05, 4.69) is 52.8 Å². The molecular weight excluding hydrogens is 308 g/mol. The first kappa shape index (κ1) is 15.5. The van der Waals surface area contributed by atoms with Crippen LogP contribution in [-0.2, 0) is 0 Å². The Hall–Kier alpha value is -3.01. The van der Waals surface area contributed by atoms with Gasteiger partial charge in [-0.15, -0.1) is 0 Å². The maximum absolute atomic E-state index is 4.82. The summed E-state index contributed by atoms with van der Waals surface area (Å²) in [6, 6.07) is 10.3. The summed E-state index contributed by atoms with van der Waals surface area (Å²) in [5.74, 6) is 1.68. The molecule has 0 saturated heterocycles. The molecule has 0 aliphatic heterocycles. The van der Waals surface area contributed by atoms with E-state index in [1.165, 1.54) is 5.57 Å². The molecule has 0 atom stereocenters. The summed E-state index contributed by atoms with van der Waals surface area (Å²) < 4.78 is 0. The molecule has 0 saturated carbocycles. The lowest BCUT2D eigenvalue weighted by atomic mass is 10.0.